The Kier molecular flexibility index (Phi) is 4.08. The van der Waals surface area contributed by atoms with E-state index in [4.69, 9.17) is 5.11 Å². The summed E-state index contributed by atoms with van der Waals surface area (Å²) in [6.07, 6.45) is 1.64. The third kappa shape index (κ3) is 2.26. The zero-order valence-corrected chi connectivity index (χ0v) is 10.3. The van der Waals surface area contributed by atoms with Crippen molar-refractivity contribution in [1.29, 1.82) is 0 Å². The van der Waals surface area contributed by atoms with E-state index in [0.717, 1.165) is 0 Å². The molecule has 1 rings (SSSR count). The summed E-state index contributed by atoms with van der Waals surface area (Å²) < 4.78 is 0. The summed E-state index contributed by atoms with van der Waals surface area (Å²) in [5.41, 5.74) is -0.531. The largest absolute Gasteiger partial charge is 0.396 e. The molecular formula is C12H21NO3. The predicted octanol–water partition coefficient (Wildman–Crippen LogP) is 1.18. The molecule has 0 radical (unpaired) electrons. The molecule has 2 amide bonds. The maximum absolute atomic E-state index is 12.1. The van der Waals surface area contributed by atoms with Crippen LogP contribution >= 0.6 is 0 Å². The highest BCUT2D eigenvalue weighted by molar-refractivity contribution is 6.05. The third-order valence-electron chi connectivity index (χ3n) is 3.62. The third-order valence-corrected chi connectivity index (χ3v) is 3.62. The predicted molar refractivity (Wildman–Crippen MR) is 60.6 cm³/mol. The van der Waals surface area contributed by atoms with Gasteiger partial charge < -0.3 is 5.11 Å². The number of unbranched alkanes of at least 4 members (excludes halogenated alkanes) is 1. The number of hydrogen-bond acceptors (Lipinski definition) is 3. The van der Waals surface area contributed by atoms with Gasteiger partial charge in [-0.15, -0.1) is 0 Å². The van der Waals surface area contributed by atoms with E-state index in [1.807, 2.05) is 20.8 Å². The summed E-state index contributed by atoms with van der Waals surface area (Å²) in [7, 11) is 0. The van der Waals surface area contributed by atoms with Crippen LogP contribution in [0.15, 0.2) is 0 Å². The first-order valence-electron chi connectivity index (χ1n) is 5.89. The quantitative estimate of drug-likeness (QED) is 0.567. The normalized spacial score (nSPS) is 25.9. The van der Waals surface area contributed by atoms with Gasteiger partial charge in [-0.25, -0.2) is 0 Å². The van der Waals surface area contributed by atoms with E-state index in [1.165, 1.54) is 4.90 Å². The topological polar surface area (TPSA) is 57.6 Å². The summed E-state index contributed by atoms with van der Waals surface area (Å²) >= 11 is 0. The van der Waals surface area contributed by atoms with Crippen molar-refractivity contribution in [2.24, 2.45) is 11.3 Å². The summed E-state index contributed by atoms with van der Waals surface area (Å²) in [5.74, 6) is 0.0522. The Bertz CT molecular complexity index is 288. The lowest BCUT2D eigenvalue weighted by Gasteiger charge is -2.26. The van der Waals surface area contributed by atoms with Gasteiger partial charge in [-0.3, -0.25) is 14.5 Å². The van der Waals surface area contributed by atoms with Crippen molar-refractivity contribution in [3.8, 4) is 0 Å². The van der Waals surface area contributed by atoms with Gasteiger partial charge in [-0.05, 0) is 25.7 Å². The highest BCUT2D eigenvalue weighted by Gasteiger charge is 2.49. The number of aliphatic hydroxyl groups excluding tert-OH is 1. The van der Waals surface area contributed by atoms with Gasteiger partial charge in [-0.2, -0.15) is 0 Å². The van der Waals surface area contributed by atoms with Crippen molar-refractivity contribution in [1.82, 2.24) is 4.90 Å². The molecule has 0 bridgehead atoms. The van der Waals surface area contributed by atoms with Crippen LogP contribution in [-0.2, 0) is 9.59 Å². The van der Waals surface area contributed by atoms with Crippen molar-refractivity contribution in [3.63, 3.8) is 0 Å². The van der Waals surface area contributed by atoms with Crippen molar-refractivity contribution in [2.45, 2.75) is 40.0 Å². The highest BCUT2D eigenvalue weighted by atomic mass is 16.3. The Morgan fingerprint density at radius 2 is 2.00 bits per heavy atom. The molecule has 1 saturated heterocycles. The SMILES string of the molecule is CC(C)C1(C)CC(=O)N(CCCCO)C1=O. The first-order valence-corrected chi connectivity index (χ1v) is 5.89. The lowest BCUT2D eigenvalue weighted by atomic mass is 9.78. The molecule has 0 aliphatic carbocycles. The van der Waals surface area contributed by atoms with E-state index >= 15 is 0 Å². The summed E-state index contributed by atoms with van der Waals surface area (Å²) in [5, 5.41) is 8.67. The van der Waals surface area contributed by atoms with Gasteiger partial charge in [0.25, 0.3) is 0 Å². The number of aliphatic hydroxyl groups is 1. The molecule has 16 heavy (non-hydrogen) atoms. The summed E-state index contributed by atoms with van der Waals surface area (Å²) in [6, 6.07) is 0. The molecule has 0 spiro atoms. The van der Waals surface area contributed by atoms with Crippen molar-refractivity contribution in [3.05, 3.63) is 0 Å². The monoisotopic (exact) mass is 227 g/mol. The average Bonchev–Trinajstić information content (AvgIpc) is 2.43. The number of amides is 2. The van der Waals surface area contributed by atoms with Gasteiger partial charge in [0.15, 0.2) is 0 Å². The average molecular weight is 227 g/mol. The van der Waals surface area contributed by atoms with Crippen LogP contribution in [0.2, 0.25) is 0 Å². The molecule has 4 heteroatoms. The van der Waals surface area contributed by atoms with Crippen LogP contribution in [0.4, 0.5) is 0 Å². The Hall–Kier alpha value is -0.900. The molecule has 4 nitrogen and oxygen atoms in total. The van der Waals surface area contributed by atoms with E-state index in [9.17, 15) is 9.59 Å². The van der Waals surface area contributed by atoms with Gasteiger partial charge in [0.2, 0.25) is 11.8 Å². The van der Waals surface area contributed by atoms with E-state index in [1.54, 1.807) is 0 Å². The first-order chi connectivity index (χ1) is 7.43. The second kappa shape index (κ2) is 4.95. The molecule has 1 N–H and O–H groups in total. The fourth-order valence-electron chi connectivity index (χ4n) is 1.97. The van der Waals surface area contributed by atoms with Crippen LogP contribution in [0, 0.1) is 11.3 Å². The van der Waals surface area contributed by atoms with Crippen LogP contribution in [-0.4, -0.2) is 35.0 Å². The second-order valence-electron chi connectivity index (χ2n) is 5.03. The van der Waals surface area contributed by atoms with Crippen LogP contribution < -0.4 is 0 Å². The van der Waals surface area contributed by atoms with Gasteiger partial charge in [0.1, 0.15) is 0 Å². The number of nitrogens with zero attached hydrogens (tertiary/aromatic N) is 1. The van der Waals surface area contributed by atoms with Crippen molar-refractivity contribution in [2.75, 3.05) is 13.2 Å². The Morgan fingerprint density at radius 3 is 2.44 bits per heavy atom. The lowest BCUT2D eigenvalue weighted by Crippen LogP contribution is -2.37. The van der Waals surface area contributed by atoms with E-state index in [0.29, 0.717) is 25.8 Å². The minimum absolute atomic E-state index is 0.0505. The number of carbonyl (C=O) groups is 2. The number of rotatable bonds is 5. The molecule has 1 atom stereocenters. The Labute approximate surface area is 96.6 Å². The zero-order valence-electron chi connectivity index (χ0n) is 10.3. The molecular weight excluding hydrogens is 206 g/mol. The number of imide groups is 1. The smallest absolute Gasteiger partial charge is 0.235 e. The van der Waals surface area contributed by atoms with Crippen LogP contribution in [0.5, 0.6) is 0 Å². The Balaban J connectivity index is 2.68. The van der Waals surface area contributed by atoms with Gasteiger partial charge >= 0.3 is 0 Å². The van der Waals surface area contributed by atoms with Crippen LogP contribution in [0.1, 0.15) is 40.0 Å². The van der Waals surface area contributed by atoms with E-state index < -0.39 is 5.41 Å². The molecule has 1 aliphatic heterocycles. The molecule has 0 aromatic heterocycles. The molecule has 1 heterocycles. The maximum Gasteiger partial charge on any atom is 0.235 e. The molecule has 1 unspecified atom stereocenters. The minimum atomic E-state index is -0.531. The van der Waals surface area contributed by atoms with E-state index in [-0.39, 0.29) is 24.3 Å². The summed E-state index contributed by atoms with van der Waals surface area (Å²) in [6.45, 7) is 6.37. The Morgan fingerprint density at radius 1 is 1.38 bits per heavy atom. The standard InChI is InChI=1S/C12H21NO3/c1-9(2)12(3)8-10(15)13(11(12)16)6-4-5-7-14/h9,14H,4-8H2,1-3H3. The van der Waals surface area contributed by atoms with Crippen molar-refractivity contribution >= 4 is 11.8 Å². The van der Waals surface area contributed by atoms with E-state index in [2.05, 4.69) is 0 Å². The molecule has 1 aliphatic rings. The van der Waals surface area contributed by atoms with Crippen LogP contribution in [0.3, 0.4) is 0 Å². The van der Waals surface area contributed by atoms with Crippen molar-refractivity contribution < 1.29 is 14.7 Å². The summed E-state index contributed by atoms with van der Waals surface area (Å²) in [4.78, 5) is 25.2. The van der Waals surface area contributed by atoms with Gasteiger partial charge in [0, 0.05) is 19.6 Å². The molecule has 0 aromatic rings. The first kappa shape index (κ1) is 13.2. The van der Waals surface area contributed by atoms with Gasteiger partial charge in [0.05, 0.1) is 5.41 Å². The lowest BCUT2D eigenvalue weighted by molar-refractivity contribution is -0.142. The molecule has 0 aromatic carbocycles. The van der Waals surface area contributed by atoms with Crippen LogP contribution in [0.25, 0.3) is 0 Å². The molecule has 92 valence electrons. The fraction of sp³-hybridized carbons (Fsp3) is 0.833. The highest BCUT2D eigenvalue weighted by Crippen LogP contribution is 2.39. The maximum atomic E-state index is 12.1. The zero-order chi connectivity index (χ0) is 12.3. The number of hydrogen-bond donors (Lipinski definition) is 1. The minimum Gasteiger partial charge on any atom is -0.396 e. The molecule has 0 saturated carbocycles. The van der Waals surface area contributed by atoms with Gasteiger partial charge in [-0.1, -0.05) is 13.8 Å². The molecule has 1 fully saturated rings. The second-order valence-corrected chi connectivity index (χ2v) is 5.03. The number of likely N-dealkylation sites (tertiary alicyclic amines) is 1. The fourth-order valence-corrected chi connectivity index (χ4v) is 1.97. The number of carbonyl (C=O) groups excluding carboxylic acids is 2.